The minimum absolute atomic E-state index is 0.0256. The van der Waals surface area contributed by atoms with Gasteiger partial charge in [-0.1, -0.05) is 13.0 Å². The maximum atomic E-state index is 12.4. The molecule has 0 spiro atoms. The molecule has 0 unspecified atom stereocenters. The molecule has 2 amide bonds. The zero-order chi connectivity index (χ0) is 15.4. The predicted octanol–water partition coefficient (Wildman–Crippen LogP) is 2.62. The highest BCUT2D eigenvalue weighted by molar-refractivity contribution is 9.10. The van der Waals surface area contributed by atoms with E-state index in [9.17, 15) is 14.7 Å². The van der Waals surface area contributed by atoms with Crippen LogP contribution in [0.25, 0.3) is 0 Å². The normalized spacial score (nSPS) is 30.0. The van der Waals surface area contributed by atoms with Crippen LogP contribution in [-0.2, 0) is 4.79 Å². The second-order valence-electron chi connectivity index (χ2n) is 6.07. The van der Waals surface area contributed by atoms with E-state index in [4.69, 9.17) is 0 Å². The summed E-state index contributed by atoms with van der Waals surface area (Å²) in [5.74, 6) is 0.157. The van der Waals surface area contributed by atoms with E-state index in [1.165, 1.54) is 4.90 Å². The second-order valence-corrected chi connectivity index (χ2v) is 6.88. The van der Waals surface area contributed by atoms with E-state index in [1.54, 1.807) is 6.07 Å². The Morgan fingerprint density at radius 1 is 1.48 bits per heavy atom. The number of aryl methyl sites for hydroxylation is 1. The zero-order valence-electron chi connectivity index (χ0n) is 11.8. The molecule has 21 heavy (non-hydrogen) atoms. The summed E-state index contributed by atoms with van der Waals surface area (Å²) < 4.78 is 0.625. The van der Waals surface area contributed by atoms with Gasteiger partial charge in [0.25, 0.3) is 0 Å². The predicted molar refractivity (Wildman–Crippen MR) is 80.1 cm³/mol. The van der Waals surface area contributed by atoms with Crippen LogP contribution in [0.3, 0.4) is 0 Å². The fraction of sp³-hybridized carbons (Fsp3) is 0.500. The molecular formula is C14H16BrN3O3. The fourth-order valence-corrected chi connectivity index (χ4v) is 3.42. The number of nitrogens with one attached hydrogen (secondary N) is 1. The molecule has 0 radical (unpaired) electrons. The number of carbonyl (C=O) groups is 2. The first-order valence-electron chi connectivity index (χ1n) is 6.77. The van der Waals surface area contributed by atoms with Gasteiger partial charge in [0.15, 0.2) is 0 Å². The van der Waals surface area contributed by atoms with E-state index in [1.807, 2.05) is 19.9 Å². The lowest BCUT2D eigenvalue weighted by Crippen LogP contribution is -2.45. The molecule has 1 saturated heterocycles. The maximum Gasteiger partial charge on any atom is 0.408 e. The van der Waals surface area contributed by atoms with E-state index in [2.05, 4.69) is 26.2 Å². The van der Waals surface area contributed by atoms with Crippen molar-refractivity contribution in [2.24, 2.45) is 5.41 Å². The number of hydrogen-bond donors (Lipinski definition) is 2. The molecule has 1 aromatic heterocycles. The number of likely N-dealkylation sites (tertiary alicyclic amines) is 1. The topological polar surface area (TPSA) is 82.5 Å². The van der Waals surface area contributed by atoms with Crippen LogP contribution in [-0.4, -0.2) is 39.1 Å². The van der Waals surface area contributed by atoms with Gasteiger partial charge < -0.3 is 10.4 Å². The van der Waals surface area contributed by atoms with Gasteiger partial charge >= 0.3 is 6.09 Å². The van der Waals surface area contributed by atoms with E-state index >= 15 is 0 Å². The molecule has 0 bridgehead atoms. The minimum atomic E-state index is -1.03. The second kappa shape index (κ2) is 4.69. The number of anilines is 1. The highest BCUT2D eigenvalue weighted by Crippen LogP contribution is 2.59. The third-order valence-corrected chi connectivity index (χ3v) is 4.91. The Bertz CT molecular complexity index is 636. The molecule has 1 saturated carbocycles. The molecule has 112 valence electrons. The van der Waals surface area contributed by atoms with Crippen LogP contribution in [0.15, 0.2) is 16.7 Å². The number of aromatic nitrogens is 1. The van der Waals surface area contributed by atoms with Crippen molar-refractivity contribution in [2.75, 3.05) is 5.32 Å². The van der Waals surface area contributed by atoms with E-state index < -0.39 is 12.1 Å². The molecule has 2 aliphatic rings. The maximum absolute atomic E-state index is 12.4. The van der Waals surface area contributed by atoms with Gasteiger partial charge in [0.05, 0.1) is 0 Å². The molecule has 3 rings (SSSR count). The highest BCUT2D eigenvalue weighted by Gasteiger charge is 2.64. The third-order valence-electron chi connectivity index (χ3n) is 4.46. The molecule has 6 nitrogen and oxygen atoms in total. The molecule has 3 atom stereocenters. The van der Waals surface area contributed by atoms with Crippen LogP contribution in [0, 0.1) is 12.3 Å². The quantitative estimate of drug-likeness (QED) is 0.800. The van der Waals surface area contributed by atoms with Crippen molar-refractivity contribution >= 4 is 33.7 Å². The molecule has 2 fully saturated rings. The molecule has 1 aliphatic carbocycles. The Labute approximate surface area is 130 Å². The Balaban J connectivity index is 1.79. The fourth-order valence-electron chi connectivity index (χ4n) is 3.11. The SMILES string of the molecule is Cc1ccc(Br)nc1NC(=O)[C@@H]1C[C@@]2(C)C[C@H]2N1C(=O)O. The van der Waals surface area contributed by atoms with Crippen molar-refractivity contribution in [3.63, 3.8) is 0 Å². The number of carboxylic acid groups (broad SMARTS) is 1. The van der Waals surface area contributed by atoms with Crippen LogP contribution in [0.4, 0.5) is 10.6 Å². The van der Waals surface area contributed by atoms with Gasteiger partial charge in [-0.2, -0.15) is 0 Å². The summed E-state index contributed by atoms with van der Waals surface area (Å²) in [7, 11) is 0. The van der Waals surface area contributed by atoms with Gasteiger partial charge in [0.2, 0.25) is 5.91 Å². The summed E-state index contributed by atoms with van der Waals surface area (Å²) in [6.45, 7) is 3.88. The number of pyridine rings is 1. The van der Waals surface area contributed by atoms with Gasteiger partial charge in [-0.15, -0.1) is 0 Å². The van der Waals surface area contributed by atoms with Crippen molar-refractivity contribution < 1.29 is 14.7 Å². The average Bonchev–Trinajstić information content (AvgIpc) is 2.95. The Morgan fingerprint density at radius 2 is 2.19 bits per heavy atom. The first kappa shape index (κ1) is 14.3. The lowest BCUT2D eigenvalue weighted by Gasteiger charge is -2.23. The van der Waals surface area contributed by atoms with Crippen molar-refractivity contribution in [1.29, 1.82) is 0 Å². The number of amides is 2. The summed E-state index contributed by atoms with van der Waals surface area (Å²) >= 11 is 3.26. The lowest BCUT2D eigenvalue weighted by molar-refractivity contribution is -0.120. The van der Waals surface area contributed by atoms with Gasteiger partial charge in [0.1, 0.15) is 16.5 Å². The lowest BCUT2D eigenvalue weighted by atomic mass is 10.0. The summed E-state index contributed by atoms with van der Waals surface area (Å²) in [6.07, 6.45) is 0.389. The average molecular weight is 354 g/mol. The molecule has 1 aliphatic heterocycles. The highest BCUT2D eigenvalue weighted by atomic mass is 79.9. The Hall–Kier alpha value is -1.63. The molecule has 0 aromatic carbocycles. The van der Waals surface area contributed by atoms with Crippen molar-refractivity contribution in [1.82, 2.24) is 9.88 Å². The Morgan fingerprint density at radius 3 is 2.86 bits per heavy atom. The largest absolute Gasteiger partial charge is 0.465 e. The number of piperidine rings is 1. The number of fused-ring (bicyclic) bond motifs is 1. The van der Waals surface area contributed by atoms with Gasteiger partial charge in [-0.05, 0) is 52.7 Å². The number of hydrogen-bond acceptors (Lipinski definition) is 3. The molecule has 2 N–H and O–H groups in total. The van der Waals surface area contributed by atoms with Gasteiger partial charge in [-0.25, -0.2) is 9.78 Å². The van der Waals surface area contributed by atoms with Crippen LogP contribution >= 0.6 is 15.9 Å². The molecule has 1 aromatic rings. The molecule has 2 heterocycles. The van der Waals surface area contributed by atoms with E-state index in [0.717, 1.165) is 12.0 Å². The Kier molecular flexibility index (Phi) is 3.20. The monoisotopic (exact) mass is 353 g/mol. The van der Waals surface area contributed by atoms with Crippen LogP contribution < -0.4 is 5.32 Å². The van der Waals surface area contributed by atoms with E-state index in [0.29, 0.717) is 16.8 Å². The first-order chi connectivity index (χ1) is 9.82. The third kappa shape index (κ3) is 2.39. The number of carbonyl (C=O) groups excluding carboxylic acids is 1. The summed E-state index contributed by atoms with van der Waals surface area (Å²) in [6, 6.07) is 2.98. The van der Waals surface area contributed by atoms with E-state index in [-0.39, 0.29) is 17.4 Å². The van der Waals surface area contributed by atoms with Crippen molar-refractivity contribution in [2.45, 2.75) is 38.8 Å². The molecular weight excluding hydrogens is 338 g/mol. The minimum Gasteiger partial charge on any atom is -0.465 e. The standard InChI is InChI=1S/C14H16BrN3O3/c1-7-3-4-10(15)16-11(7)17-12(19)8-5-14(2)6-9(14)18(8)13(20)21/h3-4,8-9H,5-6H2,1-2H3,(H,20,21)(H,16,17,19)/t8-,9+,14-/m0/s1. The smallest absolute Gasteiger partial charge is 0.408 e. The van der Waals surface area contributed by atoms with Crippen LogP contribution in [0.5, 0.6) is 0 Å². The zero-order valence-corrected chi connectivity index (χ0v) is 13.3. The van der Waals surface area contributed by atoms with Gasteiger partial charge in [0, 0.05) is 6.04 Å². The summed E-state index contributed by atoms with van der Waals surface area (Å²) in [5, 5.41) is 12.1. The number of rotatable bonds is 2. The van der Waals surface area contributed by atoms with Crippen LogP contribution in [0.2, 0.25) is 0 Å². The van der Waals surface area contributed by atoms with Crippen molar-refractivity contribution in [3.8, 4) is 0 Å². The van der Waals surface area contributed by atoms with Crippen molar-refractivity contribution in [3.05, 3.63) is 22.3 Å². The number of halogens is 1. The van der Waals surface area contributed by atoms with Gasteiger partial charge in [-0.3, -0.25) is 9.69 Å². The number of nitrogens with zero attached hydrogens (tertiary/aromatic N) is 2. The summed E-state index contributed by atoms with van der Waals surface area (Å²) in [5.41, 5.74) is 0.794. The van der Waals surface area contributed by atoms with Crippen LogP contribution in [0.1, 0.15) is 25.3 Å². The molecule has 7 heteroatoms. The first-order valence-corrected chi connectivity index (χ1v) is 7.56. The summed E-state index contributed by atoms with van der Waals surface area (Å²) in [4.78, 5) is 29.3.